The first-order chi connectivity index (χ1) is 26.1. The fourth-order valence-electron chi connectivity index (χ4n) is 4.32. The lowest BCUT2D eigenvalue weighted by Crippen LogP contribution is -2.55. The Bertz CT molecular complexity index is 835. The number of methoxy groups -OCH3 is 1. The molecule has 14 nitrogen and oxygen atoms in total. The van der Waals surface area contributed by atoms with Crippen LogP contribution in [0.25, 0.3) is 0 Å². The molecular weight excluding hydrogens is 765 g/mol. The third kappa shape index (κ3) is 34.6. The fraction of sp³-hybridized carbons (Fsp3) is 1.00. The third-order valence-corrected chi connectivity index (χ3v) is 23.5. The summed E-state index contributed by atoms with van der Waals surface area (Å²) in [5.74, 6) is 0. The Hall–Kier alpha value is 0.0906. The second-order valence-electron chi connectivity index (χ2n) is 16.0. The number of hydrogen-bond donors (Lipinski definition) is 0. The van der Waals surface area contributed by atoms with Gasteiger partial charge in [0.2, 0.25) is 0 Å². The molecule has 17 heteroatoms. The molecule has 0 aromatic heterocycles. The van der Waals surface area contributed by atoms with Gasteiger partial charge in [-0.2, -0.15) is 0 Å². The first kappa shape index (κ1) is 55.1. The van der Waals surface area contributed by atoms with Crippen LogP contribution in [-0.2, 0) is 65.1 Å². The van der Waals surface area contributed by atoms with E-state index in [0.29, 0.717) is 152 Å². The molecular formula is C38H84O14Si3. The first-order valence-corrected chi connectivity index (χ1v) is 28.0. The van der Waals surface area contributed by atoms with Gasteiger partial charge in [-0.25, -0.2) is 0 Å². The lowest BCUT2D eigenvalue weighted by Gasteiger charge is -2.45. The van der Waals surface area contributed by atoms with E-state index < -0.39 is 25.9 Å². The Morgan fingerprint density at radius 2 is 0.655 bits per heavy atom. The number of rotatable bonds is 41. The lowest BCUT2D eigenvalue weighted by atomic mass is 10.2. The van der Waals surface area contributed by atoms with Crippen LogP contribution in [0, 0.1) is 0 Å². The summed E-state index contributed by atoms with van der Waals surface area (Å²) in [7, 11) is -4.04. The van der Waals surface area contributed by atoms with Gasteiger partial charge in [0.25, 0.3) is 0 Å². The second-order valence-corrected chi connectivity index (χ2v) is 28.0. The van der Waals surface area contributed by atoms with Crippen molar-refractivity contribution in [1.29, 1.82) is 0 Å². The Morgan fingerprint density at radius 3 is 0.891 bits per heavy atom. The quantitative estimate of drug-likeness (QED) is 0.0570. The molecule has 0 aliphatic heterocycles. The van der Waals surface area contributed by atoms with Crippen LogP contribution < -0.4 is 0 Å². The Morgan fingerprint density at radius 1 is 0.400 bits per heavy atom. The fourth-order valence-corrected chi connectivity index (χ4v) is 16.6. The molecule has 0 saturated carbocycles. The minimum Gasteiger partial charge on any atom is -0.439 e. The predicted molar refractivity (Wildman–Crippen MR) is 224 cm³/mol. The van der Waals surface area contributed by atoms with E-state index >= 15 is 0 Å². The van der Waals surface area contributed by atoms with Crippen LogP contribution in [-0.4, -0.2) is 185 Å². The molecule has 332 valence electrons. The summed E-state index contributed by atoms with van der Waals surface area (Å²) in [4.78, 5) is 0. The van der Waals surface area contributed by atoms with Crippen molar-refractivity contribution in [3.8, 4) is 0 Å². The topological polar surface area (TPSA) is 129 Å². The molecule has 0 radical (unpaired) electrons. The summed E-state index contributed by atoms with van der Waals surface area (Å²) >= 11 is 0. The van der Waals surface area contributed by atoms with E-state index in [1.807, 2.05) is 0 Å². The molecule has 55 heavy (non-hydrogen) atoms. The van der Waals surface area contributed by atoms with Crippen molar-refractivity contribution < 1.29 is 65.1 Å². The standard InChI is InChI=1S/C38H84O14Si3/c1-37(2,3)53(8)51-55(11,52-54(9,10)38(4,5)6)36-12-13-40-16-17-42-20-21-44-24-25-46-28-29-48-32-33-50-35-34-49-31-30-47-27-26-45-23-22-43-19-18-41-15-14-39-7/h53H,12-36H2,1-11H3. The van der Waals surface area contributed by atoms with Gasteiger partial charge in [0.15, 0.2) is 17.4 Å². The van der Waals surface area contributed by atoms with Crippen molar-refractivity contribution in [2.45, 2.75) is 90.3 Å². The van der Waals surface area contributed by atoms with E-state index in [1.165, 1.54) is 0 Å². The average Bonchev–Trinajstić information content (AvgIpc) is 3.10. The van der Waals surface area contributed by atoms with Crippen molar-refractivity contribution in [1.82, 2.24) is 0 Å². The minimum absolute atomic E-state index is 0.152. The summed E-state index contributed by atoms with van der Waals surface area (Å²) in [5.41, 5.74) is 0. The molecule has 0 fully saturated rings. The number of hydrogen-bond acceptors (Lipinski definition) is 14. The molecule has 0 rings (SSSR count). The molecule has 2 unspecified atom stereocenters. The van der Waals surface area contributed by atoms with Gasteiger partial charge in [0.1, 0.15) is 0 Å². The maximum atomic E-state index is 6.99. The zero-order valence-electron chi connectivity index (χ0n) is 37.0. The van der Waals surface area contributed by atoms with Crippen molar-refractivity contribution in [3.05, 3.63) is 0 Å². The predicted octanol–water partition coefficient (Wildman–Crippen LogP) is 5.47. The van der Waals surface area contributed by atoms with Crippen molar-refractivity contribution in [3.63, 3.8) is 0 Å². The maximum absolute atomic E-state index is 6.99. The van der Waals surface area contributed by atoms with Crippen LogP contribution >= 0.6 is 0 Å². The van der Waals surface area contributed by atoms with Crippen LogP contribution in [0.3, 0.4) is 0 Å². The molecule has 0 aromatic carbocycles. The van der Waals surface area contributed by atoms with Crippen molar-refractivity contribution >= 4 is 25.9 Å². The van der Waals surface area contributed by atoms with Crippen molar-refractivity contribution in [2.75, 3.05) is 159 Å². The van der Waals surface area contributed by atoms with E-state index in [9.17, 15) is 0 Å². The van der Waals surface area contributed by atoms with Gasteiger partial charge < -0.3 is 65.1 Å². The molecule has 0 amide bonds. The molecule has 0 bridgehead atoms. The Labute approximate surface area is 339 Å². The summed E-state index contributed by atoms with van der Waals surface area (Å²) < 4.78 is 79.6. The Kier molecular flexibility index (Phi) is 35.0. The van der Waals surface area contributed by atoms with Gasteiger partial charge in [-0.05, 0) is 48.7 Å². The van der Waals surface area contributed by atoms with Gasteiger partial charge >= 0.3 is 8.56 Å². The second kappa shape index (κ2) is 34.9. The van der Waals surface area contributed by atoms with E-state index in [2.05, 4.69) is 67.7 Å². The van der Waals surface area contributed by atoms with Crippen LogP contribution in [0.15, 0.2) is 0 Å². The van der Waals surface area contributed by atoms with Gasteiger partial charge in [-0.1, -0.05) is 41.5 Å². The summed E-state index contributed by atoms with van der Waals surface area (Å²) in [6, 6.07) is 0.947. The summed E-state index contributed by atoms with van der Waals surface area (Å²) in [5, 5.41) is 0.354. The summed E-state index contributed by atoms with van der Waals surface area (Å²) in [6.07, 6.45) is 0.932. The smallest absolute Gasteiger partial charge is 0.314 e. The molecule has 0 aliphatic rings. The molecule has 0 heterocycles. The van der Waals surface area contributed by atoms with Crippen LogP contribution in [0.5, 0.6) is 0 Å². The highest BCUT2D eigenvalue weighted by atomic mass is 28.5. The van der Waals surface area contributed by atoms with Crippen LogP contribution in [0.2, 0.25) is 42.3 Å². The molecule has 0 aliphatic carbocycles. The monoisotopic (exact) mass is 849 g/mol. The van der Waals surface area contributed by atoms with Crippen LogP contribution in [0.4, 0.5) is 0 Å². The minimum atomic E-state index is -2.34. The lowest BCUT2D eigenvalue weighted by molar-refractivity contribution is -0.0280. The normalized spacial score (nSPS) is 14.5. The van der Waals surface area contributed by atoms with Crippen molar-refractivity contribution in [2.24, 2.45) is 0 Å². The highest BCUT2D eigenvalue weighted by molar-refractivity contribution is 6.86. The largest absolute Gasteiger partial charge is 0.439 e. The van der Waals surface area contributed by atoms with Crippen LogP contribution in [0.1, 0.15) is 48.0 Å². The molecule has 0 aromatic rings. The average molecular weight is 849 g/mol. The third-order valence-electron chi connectivity index (χ3n) is 8.99. The van der Waals surface area contributed by atoms with Gasteiger partial charge in [0.05, 0.1) is 145 Å². The van der Waals surface area contributed by atoms with E-state index in [4.69, 9.17) is 65.1 Å². The van der Waals surface area contributed by atoms with Gasteiger partial charge in [-0.3, -0.25) is 0 Å². The number of ether oxygens (including phenoxy) is 12. The van der Waals surface area contributed by atoms with Gasteiger partial charge in [0, 0.05) is 13.7 Å². The van der Waals surface area contributed by atoms with Gasteiger partial charge in [-0.15, -0.1) is 0 Å². The van der Waals surface area contributed by atoms with E-state index in [-0.39, 0.29) is 10.1 Å². The molecule has 0 N–H and O–H groups in total. The highest BCUT2D eigenvalue weighted by Gasteiger charge is 2.46. The highest BCUT2D eigenvalue weighted by Crippen LogP contribution is 2.40. The molecule has 0 spiro atoms. The SMILES string of the molecule is COCCOCCOCCOCCOCCOCCOCCOCCOCCOCCOCCOCCC[Si](C)(O[SiH](C)C(C)(C)C)O[Si](C)(C)C(C)(C)C. The molecule has 0 saturated heterocycles. The zero-order chi connectivity index (χ0) is 41.2. The zero-order valence-corrected chi connectivity index (χ0v) is 40.1. The maximum Gasteiger partial charge on any atom is 0.314 e. The van der Waals surface area contributed by atoms with E-state index in [0.717, 1.165) is 12.5 Å². The Balaban J connectivity index is 3.51. The summed E-state index contributed by atoms with van der Waals surface area (Å²) in [6.45, 7) is 35.3. The molecule has 2 atom stereocenters. The first-order valence-electron chi connectivity index (χ1n) is 20.4. The van der Waals surface area contributed by atoms with E-state index in [1.54, 1.807) is 7.11 Å².